The summed E-state index contributed by atoms with van der Waals surface area (Å²) in [6, 6.07) is 23.4. The predicted octanol–water partition coefficient (Wildman–Crippen LogP) is 8.67. The molecule has 3 aromatic carbocycles. The molecule has 0 amide bonds. The van der Waals surface area contributed by atoms with Crippen molar-refractivity contribution >= 4 is 45.3 Å². The van der Waals surface area contributed by atoms with Crippen LogP contribution < -0.4 is 9.47 Å². The van der Waals surface area contributed by atoms with Crippen LogP contribution in [0.3, 0.4) is 0 Å². The molecule has 0 spiro atoms. The van der Waals surface area contributed by atoms with Crippen molar-refractivity contribution in [3.8, 4) is 11.5 Å². The molecule has 0 bridgehead atoms. The van der Waals surface area contributed by atoms with E-state index < -0.39 is 15.6 Å². The summed E-state index contributed by atoms with van der Waals surface area (Å²) in [5.41, 5.74) is -0.806. The number of benzene rings is 3. The van der Waals surface area contributed by atoms with Gasteiger partial charge in [-0.05, 0) is 65.9 Å². The Kier molecular flexibility index (Phi) is 14.9. The Labute approximate surface area is 256 Å². The van der Waals surface area contributed by atoms with Crippen molar-refractivity contribution in [3.05, 3.63) is 89.0 Å². The average molecular weight is 637 g/mol. The van der Waals surface area contributed by atoms with Gasteiger partial charge in [-0.1, -0.05) is 75.2 Å². The SMILES string of the molecule is CCCCOc1ccc(C=Cc2ccc(/C=C/c3ccc(OCCCC)cc3)cc2[S+](C)C)cc1.O=S(=O)([O-])C(F)(F)F. The van der Waals surface area contributed by atoms with E-state index in [2.05, 4.69) is 105 Å². The van der Waals surface area contributed by atoms with Crippen LogP contribution >= 0.6 is 0 Å². The van der Waals surface area contributed by atoms with E-state index in [1.165, 1.54) is 27.1 Å². The average Bonchev–Trinajstić information content (AvgIpc) is 2.96. The first-order valence-corrected chi connectivity index (χ1v) is 17.3. The molecule has 0 aliphatic rings. The number of unbranched alkanes of at least 4 members (excludes halogenated alkanes) is 2. The highest BCUT2D eigenvalue weighted by atomic mass is 32.2. The molecular weight excluding hydrogens is 597 g/mol. The van der Waals surface area contributed by atoms with E-state index in [0.717, 1.165) is 50.4 Å². The quantitative estimate of drug-likeness (QED) is 0.0617. The summed E-state index contributed by atoms with van der Waals surface area (Å²) in [6.45, 7) is 5.92. The Bertz CT molecular complexity index is 1410. The molecule has 0 N–H and O–H groups in total. The van der Waals surface area contributed by atoms with Crippen molar-refractivity contribution in [1.29, 1.82) is 0 Å². The second-order valence-corrected chi connectivity index (χ2v) is 13.2. The topological polar surface area (TPSA) is 75.7 Å². The molecule has 0 radical (unpaired) electrons. The van der Waals surface area contributed by atoms with E-state index in [1.54, 1.807) is 0 Å². The Morgan fingerprint density at radius 2 is 1.12 bits per heavy atom. The molecule has 10 heteroatoms. The zero-order valence-electron chi connectivity index (χ0n) is 24.9. The fourth-order valence-electron chi connectivity index (χ4n) is 3.54. The summed E-state index contributed by atoms with van der Waals surface area (Å²) >= 11 is 0. The molecule has 5 nitrogen and oxygen atoms in total. The van der Waals surface area contributed by atoms with Crippen LogP contribution in [0.15, 0.2) is 71.6 Å². The van der Waals surface area contributed by atoms with Gasteiger partial charge in [-0.2, -0.15) is 13.2 Å². The van der Waals surface area contributed by atoms with Crippen LogP contribution in [0.2, 0.25) is 0 Å². The van der Waals surface area contributed by atoms with Crippen molar-refractivity contribution in [2.75, 3.05) is 25.7 Å². The third kappa shape index (κ3) is 13.3. The van der Waals surface area contributed by atoms with Gasteiger partial charge in [0.1, 0.15) is 24.0 Å². The van der Waals surface area contributed by atoms with E-state index >= 15 is 0 Å². The summed E-state index contributed by atoms with van der Waals surface area (Å²) < 4.78 is 70.4. The van der Waals surface area contributed by atoms with Crippen molar-refractivity contribution in [1.82, 2.24) is 0 Å². The fourth-order valence-corrected chi connectivity index (χ4v) is 4.52. The Balaban J connectivity index is 0.000000708. The molecule has 0 fully saturated rings. The molecule has 0 heterocycles. The monoisotopic (exact) mass is 636 g/mol. The lowest BCUT2D eigenvalue weighted by atomic mass is 10.1. The normalized spacial score (nSPS) is 12.0. The minimum Gasteiger partial charge on any atom is -0.741 e. The molecule has 0 saturated heterocycles. The van der Waals surface area contributed by atoms with Crippen LogP contribution in [0.4, 0.5) is 13.2 Å². The molecule has 0 saturated carbocycles. The summed E-state index contributed by atoms with van der Waals surface area (Å²) in [7, 11) is -5.93. The molecule has 234 valence electrons. The molecule has 0 unspecified atom stereocenters. The van der Waals surface area contributed by atoms with E-state index in [9.17, 15) is 13.2 Å². The highest BCUT2D eigenvalue weighted by Gasteiger charge is 2.36. The van der Waals surface area contributed by atoms with Gasteiger partial charge in [-0.3, -0.25) is 0 Å². The summed E-state index contributed by atoms with van der Waals surface area (Å²) in [5, 5.41) is 0. The lowest BCUT2D eigenvalue weighted by Gasteiger charge is -2.08. The van der Waals surface area contributed by atoms with Gasteiger partial charge in [0.05, 0.1) is 13.2 Å². The van der Waals surface area contributed by atoms with Crippen LogP contribution in [0.5, 0.6) is 11.5 Å². The van der Waals surface area contributed by atoms with Crippen molar-refractivity contribution in [3.63, 3.8) is 0 Å². The maximum atomic E-state index is 10.7. The Hall–Kier alpha value is -3.21. The highest BCUT2D eigenvalue weighted by Crippen LogP contribution is 2.23. The van der Waals surface area contributed by atoms with Crippen molar-refractivity contribution in [2.24, 2.45) is 0 Å². The molecular formula is C33H39F3O5S2. The largest absolute Gasteiger partial charge is 0.741 e. The van der Waals surface area contributed by atoms with Crippen LogP contribution in [0.1, 0.15) is 61.8 Å². The Morgan fingerprint density at radius 3 is 1.51 bits per heavy atom. The third-order valence-corrected chi connectivity index (χ3v) is 7.78. The number of ether oxygens (including phenoxy) is 2. The van der Waals surface area contributed by atoms with Gasteiger partial charge < -0.3 is 14.0 Å². The van der Waals surface area contributed by atoms with Crippen LogP contribution in [-0.4, -0.2) is 44.2 Å². The minimum atomic E-state index is -6.09. The van der Waals surface area contributed by atoms with Crippen molar-refractivity contribution in [2.45, 2.75) is 49.9 Å². The van der Waals surface area contributed by atoms with E-state index in [-0.39, 0.29) is 10.9 Å². The number of rotatable bonds is 13. The van der Waals surface area contributed by atoms with E-state index in [1.807, 2.05) is 12.1 Å². The fraction of sp³-hybridized carbons (Fsp3) is 0.333. The first-order chi connectivity index (χ1) is 20.3. The van der Waals surface area contributed by atoms with E-state index in [4.69, 9.17) is 22.4 Å². The standard InChI is InChI=1S/C32H39O2S.CHF3O3S/c1-5-7-23-33-30-19-13-26(14-20-30)9-10-28-12-18-29(32(25-28)35(3)4)17-11-27-15-21-31(22-16-27)34-24-8-6-2;2-1(3,4)8(5,6)7/h9-22,25H,5-8,23-24H2,1-4H3;(H,5,6,7)/q+1;/p-1/b10-9+,17-11?;. The van der Waals surface area contributed by atoms with Crippen LogP contribution in [0, 0.1) is 0 Å². The Morgan fingerprint density at radius 1 is 0.721 bits per heavy atom. The molecule has 0 aliphatic carbocycles. The predicted molar refractivity (Wildman–Crippen MR) is 171 cm³/mol. The van der Waals surface area contributed by atoms with Gasteiger partial charge in [0.25, 0.3) is 0 Å². The van der Waals surface area contributed by atoms with Gasteiger partial charge in [0.2, 0.25) is 0 Å². The second-order valence-electron chi connectivity index (χ2n) is 9.72. The zero-order valence-corrected chi connectivity index (χ0v) is 26.5. The summed E-state index contributed by atoms with van der Waals surface area (Å²) in [4.78, 5) is 1.38. The number of halogens is 3. The van der Waals surface area contributed by atoms with Gasteiger partial charge in [0.15, 0.2) is 15.0 Å². The number of alkyl halides is 3. The molecule has 0 atom stereocenters. The molecule has 0 aliphatic heterocycles. The van der Waals surface area contributed by atoms with Gasteiger partial charge >= 0.3 is 5.51 Å². The number of hydrogen-bond acceptors (Lipinski definition) is 5. The van der Waals surface area contributed by atoms with Crippen LogP contribution in [-0.2, 0) is 21.0 Å². The van der Waals surface area contributed by atoms with Gasteiger partial charge in [-0.15, -0.1) is 0 Å². The summed E-state index contributed by atoms with van der Waals surface area (Å²) in [6.07, 6.45) is 17.8. The number of hydrogen-bond donors (Lipinski definition) is 0. The molecule has 3 rings (SSSR count). The maximum Gasteiger partial charge on any atom is 0.485 e. The van der Waals surface area contributed by atoms with Crippen molar-refractivity contribution < 1.29 is 35.6 Å². The first kappa shape index (κ1) is 36.0. The van der Waals surface area contributed by atoms with E-state index in [0.29, 0.717) is 0 Å². The zero-order chi connectivity index (χ0) is 31.9. The smallest absolute Gasteiger partial charge is 0.485 e. The third-order valence-electron chi connectivity index (χ3n) is 5.98. The van der Waals surface area contributed by atoms with Gasteiger partial charge in [-0.25, -0.2) is 8.42 Å². The first-order valence-electron chi connectivity index (χ1n) is 13.9. The summed E-state index contributed by atoms with van der Waals surface area (Å²) in [5.74, 6) is 1.88. The molecule has 0 aromatic heterocycles. The molecule has 43 heavy (non-hydrogen) atoms. The second kappa shape index (κ2) is 17.8. The minimum absolute atomic E-state index is 0.156. The lowest BCUT2D eigenvalue weighted by Crippen LogP contribution is -2.21. The maximum absolute atomic E-state index is 10.7. The van der Waals surface area contributed by atoms with Gasteiger partial charge in [0, 0.05) is 22.5 Å². The highest BCUT2D eigenvalue weighted by molar-refractivity contribution is 7.95. The lowest BCUT2D eigenvalue weighted by molar-refractivity contribution is -0.0517. The molecule has 3 aromatic rings. The van der Waals surface area contributed by atoms with Crippen LogP contribution in [0.25, 0.3) is 24.3 Å².